The lowest BCUT2D eigenvalue weighted by Crippen LogP contribution is -2.65. The smallest absolute Gasteiger partial charge is 0.419 e. The molecule has 2 amide bonds. The molecule has 1 fully saturated rings. The van der Waals surface area contributed by atoms with Crippen molar-refractivity contribution in [3.63, 3.8) is 0 Å². The number of amides is 2. The van der Waals surface area contributed by atoms with Gasteiger partial charge in [-0.2, -0.15) is 0 Å². The first-order valence-corrected chi connectivity index (χ1v) is 5.72. The van der Waals surface area contributed by atoms with Crippen LogP contribution in [0, 0.1) is 0 Å². The highest BCUT2D eigenvalue weighted by Crippen LogP contribution is 2.33. The van der Waals surface area contributed by atoms with Crippen LogP contribution in [0.1, 0.15) is 0 Å². The first-order valence-electron chi connectivity index (χ1n) is 5.72. The lowest BCUT2D eigenvalue weighted by Gasteiger charge is -2.37. The molecule has 0 saturated carbocycles. The molecule has 1 aromatic rings. The van der Waals surface area contributed by atoms with Crippen LogP contribution in [-0.2, 0) is 0 Å². The van der Waals surface area contributed by atoms with Gasteiger partial charge in [0.2, 0.25) is 0 Å². The molecule has 0 aromatic heterocycles. The Balaban J connectivity index is 2.48. The summed E-state index contributed by atoms with van der Waals surface area (Å²) >= 11 is 0. The van der Waals surface area contributed by atoms with Crippen molar-refractivity contribution >= 4 is 11.7 Å². The summed E-state index contributed by atoms with van der Waals surface area (Å²) in [6.07, 6.45) is 0. The number of quaternary nitrogens is 1. The van der Waals surface area contributed by atoms with Gasteiger partial charge in [-0.05, 0) is 6.07 Å². The normalized spacial score (nSPS) is 18.6. The molecule has 2 rings (SSSR count). The van der Waals surface area contributed by atoms with Crippen LogP contribution < -0.4 is 20.3 Å². The van der Waals surface area contributed by atoms with E-state index in [0.29, 0.717) is 18.8 Å². The molecule has 1 saturated heterocycles. The summed E-state index contributed by atoms with van der Waals surface area (Å²) in [5.74, 6) is 0.716. The molecule has 0 bridgehead atoms. The van der Waals surface area contributed by atoms with Crippen LogP contribution in [-0.4, -0.2) is 39.3 Å². The Kier molecular flexibility index (Phi) is 3.31. The van der Waals surface area contributed by atoms with Crippen LogP contribution in [0.2, 0.25) is 0 Å². The maximum absolute atomic E-state index is 11.9. The number of para-hydroxylation sites is 2. The van der Waals surface area contributed by atoms with Crippen LogP contribution in [0.3, 0.4) is 0 Å². The quantitative estimate of drug-likeness (QED) is 0.742. The third-order valence-electron chi connectivity index (χ3n) is 3.31. The molecule has 1 aliphatic rings. The first-order chi connectivity index (χ1) is 8.20. The molecule has 1 aromatic carbocycles. The summed E-state index contributed by atoms with van der Waals surface area (Å²) in [4.78, 5) is 11.9. The lowest BCUT2D eigenvalue weighted by atomic mass is 10.2. The number of ether oxygens (including phenoxy) is 1. The third kappa shape index (κ3) is 1.99. The fraction of sp³-hybridized carbons (Fsp3) is 0.417. The summed E-state index contributed by atoms with van der Waals surface area (Å²) < 4.78 is 5.49. The minimum atomic E-state index is -0.323. The van der Waals surface area contributed by atoms with Crippen molar-refractivity contribution in [1.82, 2.24) is 9.80 Å². The van der Waals surface area contributed by atoms with Gasteiger partial charge in [-0.15, -0.1) is 0 Å². The Morgan fingerprint density at radius 3 is 2.59 bits per heavy atom. The van der Waals surface area contributed by atoms with E-state index >= 15 is 0 Å². The Morgan fingerprint density at radius 1 is 1.35 bits per heavy atom. The topological polar surface area (TPSA) is 64.3 Å². The number of urea groups is 1. The Labute approximate surface area is 101 Å². The average Bonchev–Trinajstić information content (AvgIpc) is 2.39. The lowest BCUT2D eigenvalue weighted by molar-refractivity contribution is 0.198. The Bertz CT molecular complexity index is 414. The van der Waals surface area contributed by atoms with Gasteiger partial charge in [0, 0.05) is 19.2 Å². The van der Waals surface area contributed by atoms with Crippen molar-refractivity contribution in [3.05, 3.63) is 24.3 Å². The molecule has 5 heteroatoms. The fourth-order valence-electron chi connectivity index (χ4n) is 2.34. The number of nitrogens with zero attached hydrogens (tertiary/aromatic N) is 1. The van der Waals surface area contributed by atoms with Crippen LogP contribution in [0.15, 0.2) is 24.3 Å². The number of piperazine rings is 1. The summed E-state index contributed by atoms with van der Waals surface area (Å²) in [5, 5.41) is 3.24. The monoisotopic (exact) mass is 236 g/mol. The van der Waals surface area contributed by atoms with Gasteiger partial charge < -0.3 is 15.8 Å². The Morgan fingerprint density at radius 2 is 2.00 bits per heavy atom. The number of methoxy groups -OCH3 is 1. The maximum atomic E-state index is 11.9. The van der Waals surface area contributed by atoms with E-state index in [0.717, 1.165) is 18.8 Å². The number of benzene rings is 1. The van der Waals surface area contributed by atoms with Crippen molar-refractivity contribution in [1.29, 1.82) is 0 Å². The second-order valence-electron chi connectivity index (χ2n) is 4.18. The van der Waals surface area contributed by atoms with Crippen LogP contribution >= 0.6 is 0 Å². The number of carbonyl (C=O) groups is 1. The third-order valence-corrected chi connectivity index (χ3v) is 3.31. The maximum Gasteiger partial charge on any atom is 0.419 e. The molecular formula is C12H18N3O2+. The van der Waals surface area contributed by atoms with Crippen LogP contribution in [0.25, 0.3) is 0 Å². The molecule has 17 heavy (non-hydrogen) atoms. The van der Waals surface area contributed by atoms with E-state index in [9.17, 15) is 4.79 Å². The van der Waals surface area contributed by atoms with Gasteiger partial charge in [0.1, 0.15) is 13.1 Å². The molecular weight excluding hydrogens is 218 g/mol. The SMILES string of the molecule is COc1ccccc1[N+]1(C(N)=O)CCNCC1. The molecule has 0 atom stereocenters. The van der Waals surface area contributed by atoms with E-state index in [2.05, 4.69) is 5.32 Å². The van der Waals surface area contributed by atoms with Crippen molar-refractivity contribution in [2.45, 2.75) is 0 Å². The van der Waals surface area contributed by atoms with Crippen molar-refractivity contribution in [2.24, 2.45) is 5.73 Å². The predicted molar refractivity (Wildman–Crippen MR) is 67.0 cm³/mol. The van der Waals surface area contributed by atoms with Crippen molar-refractivity contribution < 1.29 is 9.53 Å². The molecule has 92 valence electrons. The van der Waals surface area contributed by atoms with E-state index < -0.39 is 0 Å². The highest BCUT2D eigenvalue weighted by atomic mass is 16.5. The molecule has 0 unspecified atom stereocenters. The van der Waals surface area contributed by atoms with Gasteiger partial charge in [-0.1, -0.05) is 12.1 Å². The van der Waals surface area contributed by atoms with Gasteiger partial charge in [-0.3, -0.25) is 0 Å². The van der Waals surface area contributed by atoms with E-state index in [4.69, 9.17) is 10.5 Å². The number of carbonyl (C=O) groups excluding carboxylic acids is 1. The second-order valence-corrected chi connectivity index (χ2v) is 4.18. The van der Waals surface area contributed by atoms with Crippen molar-refractivity contribution in [2.75, 3.05) is 33.3 Å². The highest BCUT2D eigenvalue weighted by Gasteiger charge is 2.41. The van der Waals surface area contributed by atoms with Gasteiger partial charge >= 0.3 is 6.03 Å². The Hall–Kier alpha value is -1.59. The molecule has 0 radical (unpaired) electrons. The average molecular weight is 236 g/mol. The molecule has 5 nitrogen and oxygen atoms in total. The van der Waals surface area contributed by atoms with Crippen LogP contribution in [0.4, 0.5) is 10.5 Å². The molecule has 0 aliphatic carbocycles. The molecule has 1 aliphatic heterocycles. The number of hydrogen-bond acceptors (Lipinski definition) is 3. The largest absolute Gasteiger partial charge is 0.491 e. The zero-order chi connectivity index (χ0) is 12.3. The zero-order valence-electron chi connectivity index (χ0n) is 9.98. The number of rotatable bonds is 2. The van der Waals surface area contributed by atoms with E-state index in [-0.39, 0.29) is 10.5 Å². The predicted octanol–water partition coefficient (Wildman–Crippen LogP) is 0.684. The number of primary amides is 1. The summed E-state index contributed by atoms with van der Waals surface area (Å²) in [6, 6.07) is 7.25. The minimum absolute atomic E-state index is 0.164. The molecule has 3 N–H and O–H groups in total. The van der Waals surface area contributed by atoms with Gasteiger partial charge in [0.15, 0.2) is 11.4 Å². The second kappa shape index (κ2) is 4.73. The molecule has 0 spiro atoms. The summed E-state index contributed by atoms with van der Waals surface area (Å²) in [7, 11) is 1.61. The van der Waals surface area contributed by atoms with E-state index in [1.807, 2.05) is 24.3 Å². The fourth-order valence-corrected chi connectivity index (χ4v) is 2.34. The number of nitrogens with one attached hydrogen (secondary N) is 1. The first kappa shape index (κ1) is 11.9. The van der Waals surface area contributed by atoms with Gasteiger partial charge in [0.25, 0.3) is 0 Å². The van der Waals surface area contributed by atoms with E-state index in [1.54, 1.807) is 7.11 Å². The summed E-state index contributed by atoms with van der Waals surface area (Å²) in [6.45, 7) is 2.88. The van der Waals surface area contributed by atoms with Crippen LogP contribution in [0.5, 0.6) is 5.75 Å². The van der Waals surface area contributed by atoms with Gasteiger partial charge in [0.05, 0.1) is 7.11 Å². The zero-order valence-corrected chi connectivity index (χ0v) is 9.98. The summed E-state index contributed by atoms with van der Waals surface area (Å²) in [5.41, 5.74) is 6.46. The standard InChI is InChI=1S/C12H17N3O2/c1-17-11-5-3-2-4-10(11)15(12(13)16)8-6-14-7-9-15/h2-5,14H,6-9H2,1H3,(H-,13,16)/p+1. The minimum Gasteiger partial charge on any atom is -0.491 e. The highest BCUT2D eigenvalue weighted by molar-refractivity contribution is 5.87. The number of nitrogens with two attached hydrogens (primary N) is 1. The van der Waals surface area contributed by atoms with Crippen molar-refractivity contribution in [3.8, 4) is 5.75 Å². The van der Waals surface area contributed by atoms with Gasteiger partial charge in [-0.25, -0.2) is 9.28 Å². The molecule has 1 heterocycles. The number of hydrogen-bond donors (Lipinski definition) is 2. The van der Waals surface area contributed by atoms with E-state index in [1.165, 1.54) is 0 Å².